The molecule has 0 heteroatoms. The van der Waals surface area contributed by atoms with Crippen LogP contribution in [0.1, 0.15) is 34.1 Å². The minimum Gasteiger partial charge on any atom is -0.0620 e. The summed E-state index contributed by atoms with van der Waals surface area (Å²) in [4.78, 5) is 0. The van der Waals surface area contributed by atoms with Crippen LogP contribution in [-0.4, -0.2) is 0 Å². The predicted molar refractivity (Wildman–Crippen MR) is 72.8 cm³/mol. The summed E-state index contributed by atoms with van der Waals surface area (Å²) in [6.07, 6.45) is 2.63. The smallest absolute Gasteiger partial charge is 0.00843 e. The molecule has 1 fully saturated rings. The SMILES string of the molecule is c1ccc2c(c1)CC1C2C2Cc3ccccc3C12. The van der Waals surface area contributed by atoms with E-state index in [-0.39, 0.29) is 0 Å². The topological polar surface area (TPSA) is 0 Å². The van der Waals surface area contributed by atoms with Crippen LogP contribution in [0.4, 0.5) is 0 Å². The van der Waals surface area contributed by atoms with Crippen molar-refractivity contribution in [3.05, 3.63) is 70.8 Å². The third-order valence-electron chi connectivity index (χ3n) is 5.58. The number of benzene rings is 2. The Labute approximate surface area is 108 Å². The molecule has 0 N–H and O–H groups in total. The van der Waals surface area contributed by atoms with Gasteiger partial charge in [-0.1, -0.05) is 48.5 Å². The summed E-state index contributed by atoms with van der Waals surface area (Å²) in [5, 5.41) is 0. The maximum atomic E-state index is 2.37. The van der Waals surface area contributed by atoms with Gasteiger partial charge in [0.15, 0.2) is 0 Å². The van der Waals surface area contributed by atoms with Gasteiger partial charge in [0.2, 0.25) is 0 Å². The maximum Gasteiger partial charge on any atom is -0.00843 e. The number of fused-ring (bicyclic) bond motifs is 8. The molecule has 3 aliphatic rings. The van der Waals surface area contributed by atoms with Crippen LogP contribution < -0.4 is 0 Å². The molecule has 0 heterocycles. The quantitative estimate of drug-likeness (QED) is 0.646. The van der Waals surface area contributed by atoms with Crippen LogP contribution in [0.5, 0.6) is 0 Å². The lowest BCUT2D eigenvalue weighted by molar-refractivity contribution is 0.128. The Bertz CT molecular complexity index is 574. The van der Waals surface area contributed by atoms with Crippen molar-refractivity contribution in [2.45, 2.75) is 24.7 Å². The summed E-state index contributed by atoms with van der Waals surface area (Å²) >= 11 is 0. The van der Waals surface area contributed by atoms with Crippen LogP contribution in [0.25, 0.3) is 0 Å². The van der Waals surface area contributed by atoms with E-state index in [1.807, 2.05) is 0 Å². The van der Waals surface area contributed by atoms with E-state index < -0.39 is 0 Å². The van der Waals surface area contributed by atoms with Crippen LogP contribution >= 0.6 is 0 Å². The standard InChI is InChI=1S/C18H16/c1-3-7-13-11(5-1)9-15-17(13)16-10-12-6-2-4-8-14(12)18(15)16/h1-8,15-18H,9-10H2. The van der Waals surface area contributed by atoms with Crippen LogP contribution in [-0.2, 0) is 12.8 Å². The Hall–Kier alpha value is -1.56. The van der Waals surface area contributed by atoms with Crippen molar-refractivity contribution < 1.29 is 0 Å². The minimum atomic E-state index is 0.860. The Kier molecular flexibility index (Phi) is 1.59. The van der Waals surface area contributed by atoms with Crippen LogP contribution in [0, 0.1) is 11.8 Å². The molecule has 0 unspecified atom stereocenters. The Balaban J connectivity index is 1.62. The third kappa shape index (κ3) is 0.949. The molecule has 0 saturated heterocycles. The van der Waals surface area contributed by atoms with Gasteiger partial charge in [0, 0.05) is 0 Å². The maximum absolute atomic E-state index is 2.37. The lowest BCUT2D eigenvalue weighted by atomic mass is 9.57. The summed E-state index contributed by atoms with van der Waals surface area (Å²) in [5.74, 6) is 3.52. The highest BCUT2D eigenvalue weighted by Crippen LogP contribution is 2.66. The fraction of sp³-hybridized carbons (Fsp3) is 0.333. The second-order valence-electron chi connectivity index (χ2n) is 6.19. The number of hydrogen-bond donors (Lipinski definition) is 0. The van der Waals surface area contributed by atoms with Crippen molar-refractivity contribution >= 4 is 0 Å². The van der Waals surface area contributed by atoms with Gasteiger partial charge in [-0.15, -0.1) is 0 Å². The van der Waals surface area contributed by atoms with Crippen molar-refractivity contribution in [2.24, 2.45) is 11.8 Å². The highest BCUT2D eigenvalue weighted by Gasteiger charge is 2.57. The first-order valence-electron chi connectivity index (χ1n) is 7.09. The Morgan fingerprint density at radius 2 is 1.06 bits per heavy atom. The normalized spacial score (nSPS) is 34.2. The summed E-state index contributed by atoms with van der Waals surface area (Å²) < 4.78 is 0. The van der Waals surface area contributed by atoms with E-state index >= 15 is 0 Å². The fourth-order valence-electron chi connectivity index (χ4n) is 4.97. The van der Waals surface area contributed by atoms with Crippen molar-refractivity contribution in [3.63, 3.8) is 0 Å². The van der Waals surface area contributed by atoms with Gasteiger partial charge >= 0.3 is 0 Å². The van der Waals surface area contributed by atoms with Gasteiger partial charge in [-0.05, 0) is 58.8 Å². The highest BCUT2D eigenvalue weighted by atomic mass is 14.6. The zero-order chi connectivity index (χ0) is 11.7. The fourth-order valence-corrected chi connectivity index (χ4v) is 4.97. The first-order valence-corrected chi connectivity index (χ1v) is 7.09. The van der Waals surface area contributed by atoms with Crippen molar-refractivity contribution in [3.8, 4) is 0 Å². The summed E-state index contributed by atoms with van der Waals surface area (Å²) in [6, 6.07) is 18.3. The molecule has 1 saturated carbocycles. The van der Waals surface area contributed by atoms with Gasteiger partial charge in [0.05, 0.1) is 0 Å². The molecule has 0 spiro atoms. The molecule has 0 atom stereocenters. The molecule has 0 bridgehead atoms. The Morgan fingerprint density at radius 3 is 1.56 bits per heavy atom. The molecule has 0 nitrogen and oxygen atoms in total. The van der Waals surface area contributed by atoms with E-state index in [2.05, 4.69) is 48.5 Å². The van der Waals surface area contributed by atoms with Crippen molar-refractivity contribution in [1.29, 1.82) is 0 Å². The second-order valence-corrected chi connectivity index (χ2v) is 6.19. The first kappa shape index (κ1) is 9.38. The molecule has 0 aromatic heterocycles. The summed E-state index contributed by atoms with van der Waals surface area (Å²) in [5.41, 5.74) is 6.58. The van der Waals surface area contributed by atoms with Crippen LogP contribution in [0.3, 0.4) is 0 Å². The first-order chi connectivity index (χ1) is 8.93. The molecule has 2 aromatic carbocycles. The van der Waals surface area contributed by atoms with Gasteiger partial charge < -0.3 is 0 Å². The number of rotatable bonds is 0. The van der Waals surface area contributed by atoms with Gasteiger partial charge in [0.1, 0.15) is 0 Å². The lowest BCUT2D eigenvalue weighted by Gasteiger charge is -2.46. The molecule has 18 heavy (non-hydrogen) atoms. The molecule has 0 amide bonds. The van der Waals surface area contributed by atoms with E-state index in [0.717, 1.165) is 23.7 Å². The summed E-state index contributed by atoms with van der Waals surface area (Å²) in [7, 11) is 0. The molecule has 5 rings (SSSR count). The molecule has 88 valence electrons. The second kappa shape index (κ2) is 3.06. The van der Waals surface area contributed by atoms with Crippen molar-refractivity contribution in [1.82, 2.24) is 0 Å². The molecule has 0 radical (unpaired) electrons. The van der Waals surface area contributed by atoms with E-state index in [4.69, 9.17) is 0 Å². The minimum absolute atomic E-state index is 0.860. The zero-order valence-corrected chi connectivity index (χ0v) is 10.3. The zero-order valence-electron chi connectivity index (χ0n) is 10.3. The van der Waals surface area contributed by atoms with E-state index in [1.54, 1.807) is 22.3 Å². The average Bonchev–Trinajstić information content (AvgIpc) is 2.88. The van der Waals surface area contributed by atoms with E-state index in [0.29, 0.717) is 0 Å². The van der Waals surface area contributed by atoms with Gasteiger partial charge in [-0.3, -0.25) is 0 Å². The predicted octanol–water partition coefficient (Wildman–Crippen LogP) is 3.91. The Morgan fingerprint density at radius 1 is 0.611 bits per heavy atom. The van der Waals surface area contributed by atoms with Crippen molar-refractivity contribution in [2.75, 3.05) is 0 Å². The van der Waals surface area contributed by atoms with Gasteiger partial charge in [0.25, 0.3) is 0 Å². The van der Waals surface area contributed by atoms with Crippen LogP contribution in [0.15, 0.2) is 48.5 Å². The average molecular weight is 232 g/mol. The lowest BCUT2D eigenvalue weighted by Crippen LogP contribution is -2.38. The molecule has 0 aliphatic heterocycles. The largest absolute Gasteiger partial charge is 0.0620 e. The third-order valence-corrected chi connectivity index (χ3v) is 5.58. The molecule has 2 aromatic rings. The van der Waals surface area contributed by atoms with Gasteiger partial charge in [-0.2, -0.15) is 0 Å². The summed E-state index contributed by atoms with van der Waals surface area (Å²) in [6.45, 7) is 0. The highest BCUT2D eigenvalue weighted by molar-refractivity contribution is 5.49. The molecular weight excluding hydrogens is 216 g/mol. The van der Waals surface area contributed by atoms with Gasteiger partial charge in [-0.25, -0.2) is 0 Å². The molecular formula is C18H16. The van der Waals surface area contributed by atoms with Crippen LogP contribution in [0.2, 0.25) is 0 Å². The van der Waals surface area contributed by atoms with E-state index in [1.165, 1.54) is 12.8 Å². The van der Waals surface area contributed by atoms with E-state index in [9.17, 15) is 0 Å². The monoisotopic (exact) mass is 232 g/mol. The molecule has 3 aliphatic carbocycles. The number of hydrogen-bond acceptors (Lipinski definition) is 0.